The standard InChI is InChI=1S/C60H68O12/c1-3-5-6-12-37-68-50-26-28-51(29-27-50)70-57-42-47-41-52(71-59(63)34-20-45-16-22-49(23-17-45)67-39-14-9-10-15-40-69-58(62)4-2)30-32-54(47)55-33-31-53(43-56(55)57)72-60(64)35-21-46-18-24-48(25-19-46)66-38-13-8-7-11-36-65-44-61/h4,16-19,22-33,41-44H,2-3,5-15,20-21,34-40H2,1H3. The summed E-state index contributed by atoms with van der Waals surface area (Å²) in [6, 6.07) is 36.0. The number of benzene rings is 6. The van der Waals surface area contributed by atoms with Gasteiger partial charge in [-0.05, 0) is 183 Å². The first-order chi connectivity index (χ1) is 35.3. The number of rotatable bonds is 34. The number of carbonyl (C=O) groups excluding carboxylic acids is 4. The highest BCUT2D eigenvalue weighted by molar-refractivity contribution is 6.11. The van der Waals surface area contributed by atoms with Gasteiger partial charge in [-0.25, -0.2) is 4.79 Å². The molecule has 0 saturated carbocycles. The Morgan fingerprint density at radius 2 is 0.931 bits per heavy atom. The minimum Gasteiger partial charge on any atom is -0.494 e. The van der Waals surface area contributed by atoms with Crippen LogP contribution in [0.3, 0.4) is 0 Å². The first kappa shape index (κ1) is 54.0. The van der Waals surface area contributed by atoms with Crippen molar-refractivity contribution in [3.8, 4) is 40.2 Å². The van der Waals surface area contributed by atoms with Crippen LogP contribution in [0.4, 0.5) is 0 Å². The van der Waals surface area contributed by atoms with Crippen molar-refractivity contribution in [2.45, 2.75) is 110 Å². The molecule has 0 spiro atoms. The maximum atomic E-state index is 13.2. The zero-order valence-corrected chi connectivity index (χ0v) is 41.6. The van der Waals surface area contributed by atoms with E-state index in [1.807, 2.05) is 103 Å². The Morgan fingerprint density at radius 3 is 1.46 bits per heavy atom. The van der Waals surface area contributed by atoms with Crippen molar-refractivity contribution in [3.63, 3.8) is 0 Å². The van der Waals surface area contributed by atoms with Crippen LogP contribution in [0.15, 0.2) is 128 Å². The molecule has 0 unspecified atom stereocenters. The smallest absolute Gasteiger partial charge is 0.330 e. The predicted molar refractivity (Wildman–Crippen MR) is 280 cm³/mol. The average molecular weight is 981 g/mol. The number of fused-ring (bicyclic) bond motifs is 3. The monoisotopic (exact) mass is 980 g/mol. The van der Waals surface area contributed by atoms with Crippen molar-refractivity contribution in [1.82, 2.24) is 0 Å². The van der Waals surface area contributed by atoms with Gasteiger partial charge in [0.2, 0.25) is 0 Å². The maximum absolute atomic E-state index is 13.2. The lowest BCUT2D eigenvalue weighted by Crippen LogP contribution is -2.09. The highest BCUT2D eigenvalue weighted by atomic mass is 16.5. The molecule has 6 rings (SSSR count). The summed E-state index contributed by atoms with van der Waals surface area (Å²) in [6.07, 6.45) is 14.4. The number of ether oxygens (including phenoxy) is 8. The highest BCUT2D eigenvalue weighted by Gasteiger charge is 2.15. The Kier molecular flexibility index (Phi) is 22.8. The molecule has 0 N–H and O–H groups in total. The molecular formula is C60H68O12. The third-order valence-corrected chi connectivity index (χ3v) is 11.9. The molecule has 6 aromatic rings. The van der Waals surface area contributed by atoms with Gasteiger partial charge in [-0.15, -0.1) is 0 Å². The van der Waals surface area contributed by atoms with Gasteiger partial charge in [0, 0.05) is 24.3 Å². The van der Waals surface area contributed by atoms with E-state index in [0.717, 1.165) is 114 Å². The van der Waals surface area contributed by atoms with E-state index in [1.165, 1.54) is 18.9 Å². The summed E-state index contributed by atoms with van der Waals surface area (Å²) in [7, 11) is 0. The van der Waals surface area contributed by atoms with Crippen LogP contribution in [0.1, 0.15) is 108 Å². The second kappa shape index (κ2) is 30.4. The molecule has 0 saturated heterocycles. The van der Waals surface area contributed by atoms with Gasteiger partial charge in [-0.1, -0.05) is 63.1 Å². The average Bonchev–Trinajstić information content (AvgIpc) is 3.40. The van der Waals surface area contributed by atoms with Crippen LogP contribution < -0.4 is 28.4 Å². The van der Waals surface area contributed by atoms with E-state index >= 15 is 0 Å². The summed E-state index contributed by atoms with van der Waals surface area (Å²) in [5.41, 5.74) is 1.99. The van der Waals surface area contributed by atoms with Gasteiger partial charge < -0.3 is 37.9 Å². The van der Waals surface area contributed by atoms with E-state index in [9.17, 15) is 19.2 Å². The fourth-order valence-corrected chi connectivity index (χ4v) is 7.97. The van der Waals surface area contributed by atoms with Crippen molar-refractivity contribution in [2.24, 2.45) is 0 Å². The summed E-state index contributed by atoms with van der Waals surface area (Å²) in [5.74, 6) is 3.15. The molecule has 0 atom stereocenters. The fraction of sp³-hybridized carbons (Fsp3) is 0.367. The number of hydrogen-bond acceptors (Lipinski definition) is 12. The second-order valence-electron chi connectivity index (χ2n) is 17.5. The molecule has 72 heavy (non-hydrogen) atoms. The minimum atomic E-state index is -0.394. The van der Waals surface area contributed by atoms with Gasteiger partial charge in [0.05, 0.1) is 33.0 Å². The van der Waals surface area contributed by atoms with E-state index in [1.54, 1.807) is 12.1 Å². The number of hydrogen-bond donors (Lipinski definition) is 0. The molecule has 6 aromatic carbocycles. The molecule has 0 aliphatic heterocycles. The van der Waals surface area contributed by atoms with E-state index in [4.69, 9.17) is 37.9 Å². The van der Waals surface area contributed by atoms with Gasteiger partial charge in [-0.2, -0.15) is 0 Å². The Bertz CT molecular complexity index is 2620. The largest absolute Gasteiger partial charge is 0.494 e. The maximum Gasteiger partial charge on any atom is 0.330 e. The van der Waals surface area contributed by atoms with Gasteiger partial charge >= 0.3 is 17.9 Å². The summed E-state index contributed by atoms with van der Waals surface area (Å²) in [5, 5.41) is 3.33. The number of esters is 3. The van der Waals surface area contributed by atoms with Gasteiger partial charge in [0.1, 0.15) is 40.2 Å². The molecule has 0 aliphatic rings. The van der Waals surface area contributed by atoms with E-state index in [2.05, 4.69) is 13.5 Å². The van der Waals surface area contributed by atoms with Crippen molar-refractivity contribution >= 4 is 45.9 Å². The molecule has 0 heterocycles. The summed E-state index contributed by atoms with van der Waals surface area (Å²) in [6.45, 7) is 8.76. The SMILES string of the molecule is C=CC(=O)OCCCCCCOc1ccc(CCC(=O)Oc2ccc3c(c2)cc(Oc2ccc(OCCCCCC)cc2)c2cc(OC(=O)CCc4ccc(OCCCCCCOC=O)cc4)ccc23)cc1. The first-order valence-electron chi connectivity index (χ1n) is 25.4. The Morgan fingerprint density at radius 1 is 0.472 bits per heavy atom. The van der Waals surface area contributed by atoms with Gasteiger partial charge in [0.25, 0.3) is 6.47 Å². The van der Waals surface area contributed by atoms with E-state index in [0.29, 0.717) is 75.3 Å². The second-order valence-corrected chi connectivity index (χ2v) is 17.5. The molecule has 0 aromatic heterocycles. The Hall–Kier alpha value is -7.34. The van der Waals surface area contributed by atoms with Crippen molar-refractivity contribution in [2.75, 3.05) is 33.0 Å². The fourth-order valence-electron chi connectivity index (χ4n) is 7.97. The quantitative estimate of drug-likeness (QED) is 0.00948. The van der Waals surface area contributed by atoms with E-state index in [-0.39, 0.29) is 24.8 Å². The van der Waals surface area contributed by atoms with Crippen molar-refractivity contribution in [3.05, 3.63) is 139 Å². The lowest BCUT2D eigenvalue weighted by molar-refractivity contribution is -0.138. The molecule has 12 heteroatoms. The molecule has 0 radical (unpaired) electrons. The zero-order chi connectivity index (χ0) is 50.6. The number of unbranched alkanes of at least 4 members (excludes halogenated alkanes) is 9. The topological polar surface area (TPSA) is 142 Å². The molecule has 0 bridgehead atoms. The van der Waals surface area contributed by atoms with Crippen LogP contribution in [0.5, 0.6) is 40.2 Å². The predicted octanol–water partition coefficient (Wildman–Crippen LogP) is 13.6. The normalized spacial score (nSPS) is 10.9. The lowest BCUT2D eigenvalue weighted by atomic mass is 10.0. The highest BCUT2D eigenvalue weighted by Crippen LogP contribution is 2.39. The van der Waals surface area contributed by atoms with Crippen LogP contribution in [-0.2, 0) is 41.5 Å². The molecule has 12 nitrogen and oxygen atoms in total. The van der Waals surface area contributed by atoms with Crippen LogP contribution in [0, 0.1) is 0 Å². The van der Waals surface area contributed by atoms with Crippen LogP contribution in [0.25, 0.3) is 21.5 Å². The van der Waals surface area contributed by atoms with Gasteiger partial charge in [-0.3, -0.25) is 14.4 Å². The zero-order valence-electron chi connectivity index (χ0n) is 41.6. The first-order valence-corrected chi connectivity index (χ1v) is 25.4. The molecule has 0 amide bonds. The summed E-state index contributed by atoms with van der Waals surface area (Å²) >= 11 is 0. The van der Waals surface area contributed by atoms with Gasteiger partial charge in [0.15, 0.2) is 0 Å². The summed E-state index contributed by atoms with van der Waals surface area (Å²) < 4.78 is 45.8. The molecule has 0 fully saturated rings. The summed E-state index contributed by atoms with van der Waals surface area (Å²) in [4.78, 5) is 47.8. The third-order valence-electron chi connectivity index (χ3n) is 11.9. The van der Waals surface area contributed by atoms with Crippen molar-refractivity contribution < 1.29 is 57.1 Å². The Balaban J connectivity index is 1.05. The van der Waals surface area contributed by atoms with Crippen molar-refractivity contribution in [1.29, 1.82) is 0 Å². The minimum absolute atomic E-state index is 0.186. The molecule has 0 aliphatic carbocycles. The number of aryl methyl sites for hydroxylation is 2. The lowest BCUT2D eigenvalue weighted by Gasteiger charge is -2.15. The van der Waals surface area contributed by atoms with Crippen LogP contribution >= 0.6 is 0 Å². The molecule has 380 valence electrons. The van der Waals surface area contributed by atoms with E-state index < -0.39 is 5.97 Å². The third kappa shape index (κ3) is 18.8. The molecular weight excluding hydrogens is 913 g/mol. The number of carbonyl (C=O) groups is 4. The van der Waals surface area contributed by atoms with Crippen LogP contribution in [0.2, 0.25) is 0 Å². The Labute approximate surface area is 423 Å². The van der Waals surface area contributed by atoms with Crippen LogP contribution in [-0.4, -0.2) is 57.4 Å².